The van der Waals surface area contributed by atoms with Crippen LogP contribution in [0.5, 0.6) is 0 Å². The summed E-state index contributed by atoms with van der Waals surface area (Å²) in [5.74, 6) is -0.533. The van der Waals surface area contributed by atoms with E-state index in [1.807, 2.05) is 30.3 Å². The van der Waals surface area contributed by atoms with Crippen LogP contribution in [0.1, 0.15) is 22.3 Å². The van der Waals surface area contributed by atoms with Crippen LogP contribution < -0.4 is 16.0 Å². The zero-order valence-corrected chi connectivity index (χ0v) is 15.6. The van der Waals surface area contributed by atoms with Gasteiger partial charge in [-0.2, -0.15) is 0 Å². The summed E-state index contributed by atoms with van der Waals surface area (Å²) < 4.78 is 0. The summed E-state index contributed by atoms with van der Waals surface area (Å²) in [7, 11) is 0. The number of benzene rings is 2. The molecule has 0 aliphatic rings. The van der Waals surface area contributed by atoms with Crippen molar-refractivity contribution in [3.8, 4) is 0 Å². The van der Waals surface area contributed by atoms with Crippen LogP contribution in [-0.2, 0) is 16.0 Å². The molecule has 142 valence electrons. The predicted octanol–water partition coefficient (Wildman–Crippen LogP) is 1.93. The number of hydrogen-bond donors (Lipinski definition) is 3. The Morgan fingerprint density at radius 2 is 1.37 bits per heavy atom. The topological polar surface area (TPSA) is 87.3 Å². The molecule has 0 aliphatic carbocycles. The van der Waals surface area contributed by atoms with Crippen LogP contribution in [0.15, 0.2) is 54.6 Å². The molecule has 7 heteroatoms. The average Bonchev–Trinajstić information content (AvgIpc) is 2.66. The summed E-state index contributed by atoms with van der Waals surface area (Å²) in [4.78, 5) is 35.4. The van der Waals surface area contributed by atoms with Crippen LogP contribution >= 0.6 is 11.6 Å². The van der Waals surface area contributed by atoms with Crippen LogP contribution in [0.4, 0.5) is 0 Å². The van der Waals surface area contributed by atoms with Crippen LogP contribution in [0, 0.1) is 0 Å². The molecule has 2 rings (SSSR count). The Labute approximate surface area is 163 Å². The average molecular weight is 388 g/mol. The van der Waals surface area contributed by atoms with Crippen molar-refractivity contribution in [2.24, 2.45) is 0 Å². The Morgan fingerprint density at radius 1 is 0.741 bits per heavy atom. The molecule has 6 nitrogen and oxygen atoms in total. The molecular weight excluding hydrogens is 366 g/mol. The van der Waals surface area contributed by atoms with E-state index in [9.17, 15) is 14.4 Å². The van der Waals surface area contributed by atoms with Crippen LogP contribution in [-0.4, -0.2) is 37.4 Å². The van der Waals surface area contributed by atoms with E-state index in [1.54, 1.807) is 24.3 Å². The number of carbonyl (C=O) groups excluding carboxylic acids is 3. The minimum atomic E-state index is -0.228. The van der Waals surface area contributed by atoms with Crippen LogP contribution in [0.25, 0.3) is 0 Å². The van der Waals surface area contributed by atoms with E-state index < -0.39 is 0 Å². The Kier molecular flexibility index (Phi) is 8.32. The van der Waals surface area contributed by atoms with E-state index in [2.05, 4.69) is 16.0 Å². The smallest absolute Gasteiger partial charge is 0.251 e. The molecule has 0 unspecified atom stereocenters. The molecule has 0 bridgehead atoms. The van der Waals surface area contributed by atoms with Crippen molar-refractivity contribution in [2.45, 2.75) is 12.8 Å². The first kappa shape index (κ1) is 20.5. The molecular formula is C20H22ClN3O3. The van der Waals surface area contributed by atoms with E-state index in [0.717, 1.165) is 5.56 Å². The monoisotopic (exact) mass is 387 g/mol. The summed E-state index contributed by atoms with van der Waals surface area (Å²) in [5.41, 5.74) is 1.43. The van der Waals surface area contributed by atoms with E-state index in [0.29, 0.717) is 30.1 Å². The molecule has 0 radical (unpaired) electrons. The van der Waals surface area contributed by atoms with E-state index in [1.165, 1.54) is 0 Å². The SMILES string of the molecule is O=C(CCNC(=O)Cc1ccccc1)NCCNC(=O)c1ccc(Cl)cc1. The molecule has 2 aromatic carbocycles. The number of rotatable bonds is 9. The van der Waals surface area contributed by atoms with Gasteiger partial charge in [0.25, 0.3) is 5.91 Å². The minimum absolute atomic E-state index is 0.121. The summed E-state index contributed by atoms with van der Waals surface area (Å²) in [5, 5.41) is 8.69. The molecule has 3 N–H and O–H groups in total. The molecule has 0 saturated carbocycles. The van der Waals surface area contributed by atoms with Gasteiger partial charge in [0.2, 0.25) is 11.8 Å². The second kappa shape index (κ2) is 11.0. The molecule has 0 saturated heterocycles. The van der Waals surface area contributed by atoms with Gasteiger partial charge in [0.05, 0.1) is 6.42 Å². The zero-order chi connectivity index (χ0) is 19.5. The minimum Gasteiger partial charge on any atom is -0.355 e. The number of halogens is 1. The second-order valence-corrected chi connectivity index (χ2v) is 6.31. The fourth-order valence-electron chi connectivity index (χ4n) is 2.33. The maximum absolute atomic E-state index is 11.9. The van der Waals surface area contributed by atoms with E-state index >= 15 is 0 Å². The normalized spacial score (nSPS) is 10.1. The van der Waals surface area contributed by atoms with Crippen molar-refractivity contribution >= 4 is 29.3 Å². The number of amides is 3. The van der Waals surface area contributed by atoms with Gasteiger partial charge in [0, 0.05) is 36.6 Å². The Hall–Kier alpha value is -2.86. The Balaban J connectivity index is 1.55. The van der Waals surface area contributed by atoms with Crippen molar-refractivity contribution in [1.82, 2.24) is 16.0 Å². The number of nitrogens with one attached hydrogen (secondary N) is 3. The van der Waals surface area contributed by atoms with Gasteiger partial charge >= 0.3 is 0 Å². The van der Waals surface area contributed by atoms with Gasteiger partial charge in [-0.05, 0) is 29.8 Å². The van der Waals surface area contributed by atoms with Gasteiger partial charge in [-0.1, -0.05) is 41.9 Å². The Bertz CT molecular complexity index is 764. The lowest BCUT2D eigenvalue weighted by Crippen LogP contribution is -2.36. The van der Waals surface area contributed by atoms with Gasteiger partial charge in [-0.15, -0.1) is 0 Å². The highest BCUT2D eigenvalue weighted by molar-refractivity contribution is 6.30. The molecule has 0 heterocycles. The molecule has 0 fully saturated rings. The zero-order valence-electron chi connectivity index (χ0n) is 14.8. The maximum atomic E-state index is 11.9. The molecule has 2 aromatic rings. The van der Waals surface area contributed by atoms with Crippen molar-refractivity contribution in [1.29, 1.82) is 0 Å². The van der Waals surface area contributed by atoms with Crippen molar-refractivity contribution < 1.29 is 14.4 Å². The first-order chi connectivity index (χ1) is 13.0. The van der Waals surface area contributed by atoms with Crippen LogP contribution in [0.3, 0.4) is 0 Å². The largest absolute Gasteiger partial charge is 0.355 e. The fraction of sp³-hybridized carbons (Fsp3) is 0.250. The quantitative estimate of drug-likeness (QED) is 0.574. The summed E-state index contributed by atoms with van der Waals surface area (Å²) >= 11 is 5.77. The lowest BCUT2D eigenvalue weighted by atomic mass is 10.1. The highest BCUT2D eigenvalue weighted by atomic mass is 35.5. The molecule has 0 aliphatic heterocycles. The van der Waals surface area contributed by atoms with Crippen molar-refractivity contribution in [3.63, 3.8) is 0 Å². The molecule has 27 heavy (non-hydrogen) atoms. The van der Waals surface area contributed by atoms with Gasteiger partial charge in [0.15, 0.2) is 0 Å². The predicted molar refractivity (Wildman–Crippen MR) is 105 cm³/mol. The number of carbonyl (C=O) groups is 3. The lowest BCUT2D eigenvalue weighted by Gasteiger charge is -2.08. The first-order valence-electron chi connectivity index (χ1n) is 8.65. The lowest BCUT2D eigenvalue weighted by molar-refractivity contribution is -0.122. The van der Waals surface area contributed by atoms with Gasteiger partial charge in [0.1, 0.15) is 0 Å². The number of hydrogen-bond acceptors (Lipinski definition) is 3. The van der Waals surface area contributed by atoms with E-state index in [-0.39, 0.29) is 30.7 Å². The van der Waals surface area contributed by atoms with E-state index in [4.69, 9.17) is 11.6 Å². The van der Waals surface area contributed by atoms with Crippen LogP contribution in [0.2, 0.25) is 5.02 Å². The molecule has 0 spiro atoms. The third-order valence-corrected chi connectivity index (χ3v) is 3.97. The first-order valence-corrected chi connectivity index (χ1v) is 9.03. The summed E-state index contributed by atoms with van der Waals surface area (Å²) in [6.45, 7) is 0.901. The molecule has 0 aromatic heterocycles. The van der Waals surface area contributed by atoms with Crippen molar-refractivity contribution in [2.75, 3.05) is 19.6 Å². The summed E-state index contributed by atoms with van der Waals surface area (Å²) in [6.07, 6.45) is 0.477. The van der Waals surface area contributed by atoms with Gasteiger partial charge in [-0.3, -0.25) is 14.4 Å². The Morgan fingerprint density at radius 3 is 2.07 bits per heavy atom. The van der Waals surface area contributed by atoms with Gasteiger partial charge in [-0.25, -0.2) is 0 Å². The molecule has 3 amide bonds. The highest BCUT2D eigenvalue weighted by Gasteiger charge is 2.06. The fourth-order valence-corrected chi connectivity index (χ4v) is 2.45. The van der Waals surface area contributed by atoms with Crippen molar-refractivity contribution in [3.05, 3.63) is 70.7 Å². The third kappa shape index (κ3) is 7.92. The summed E-state index contributed by atoms with van der Waals surface area (Å²) in [6, 6.07) is 16.0. The van der Waals surface area contributed by atoms with Gasteiger partial charge < -0.3 is 16.0 Å². The molecule has 0 atom stereocenters. The second-order valence-electron chi connectivity index (χ2n) is 5.88. The third-order valence-electron chi connectivity index (χ3n) is 3.72. The standard InChI is InChI=1S/C20H22ClN3O3/c21-17-8-6-16(7-9-17)20(27)24-13-12-23-18(25)10-11-22-19(26)14-15-4-2-1-3-5-15/h1-9H,10-14H2,(H,22,26)(H,23,25)(H,24,27). The highest BCUT2D eigenvalue weighted by Crippen LogP contribution is 2.09. The maximum Gasteiger partial charge on any atom is 0.251 e.